The Hall–Kier alpha value is -0.560. The van der Waals surface area contributed by atoms with E-state index in [1.807, 2.05) is 7.05 Å². The number of halogens is 3. The molecular weight excluding hydrogens is 227 g/mol. The van der Waals surface area contributed by atoms with Gasteiger partial charge in [0.25, 0.3) is 0 Å². The van der Waals surface area contributed by atoms with Gasteiger partial charge in [-0.1, -0.05) is 0 Å². The Kier molecular flexibility index (Phi) is 4.15. The first-order chi connectivity index (χ1) is 6.88. The smallest absolute Gasteiger partial charge is 0.354 e. The lowest BCUT2D eigenvalue weighted by atomic mass is 10.3. The van der Waals surface area contributed by atoms with Crippen molar-refractivity contribution in [2.45, 2.75) is 6.18 Å². The molecule has 1 N–H and O–H groups in total. The van der Waals surface area contributed by atoms with E-state index in [2.05, 4.69) is 10.2 Å². The SMILES string of the molecule is CN1CCN(C(=S)NCC(F)(F)F)CC1. The Morgan fingerprint density at radius 1 is 1.27 bits per heavy atom. The molecular formula is C8H14F3N3S. The molecule has 0 atom stereocenters. The normalized spacial score (nSPS) is 19.1. The van der Waals surface area contributed by atoms with Gasteiger partial charge < -0.3 is 15.1 Å². The predicted molar refractivity (Wildman–Crippen MR) is 55.7 cm³/mol. The topological polar surface area (TPSA) is 18.5 Å². The molecule has 0 radical (unpaired) electrons. The minimum Gasteiger partial charge on any atom is -0.354 e. The minimum absolute atomic E-state index is 0.195. The van der Waals surface area contributed by atoms with E-state index in [0.717, 1.165) is 13.1 Å². The first kappa shape index (κ1) is 12.5. The molecule has 1 fully saturated rings. The number of nitrogens with one attached hydrogen (secondary N) is 1. The van der Waals surface area contributed by atoms with Crippen molar-refractivity contribution in [3.8, 4) is 0 Å². The second-order valence-corrected chi connectivity index (χ2v) is 3.95. The molecule has 15 heavy (non-hydrogen) atoms. The summed E-state index contributed by atoms with van der Waals surface area (Å²) in [5.41, 5.74) is 0. The predicted octanol–water partition coefficient (Wildman–Crippen LogP) is 0.671. The average Bonchev–Trinajstić information content (AvgIpc) is 2.14. The third kappa shape index (κ3) is 4.65. The number of thiocarbonyl (C=S) groups is 1. The molecule has 3 nitrogen and oxygen atoms in total. The molecule has 1 aliphatic rings. The number of rotatable bonds is 1. The molecule has 0 aromatic carbocycles. The van der Waals surface area contributed by atoms with Crippen LogP contribution in [0.2, 0.25) is 0 Å². The van der Waals surface area contributed by atoms with Crippen molar-refractivity contribution in [3.05, 3.63) is 0 Å². The summed E-state index contributed by atoms with van der Waals surface area (Å²) in [5, 5.41) is 2.42. The van der Waals surface area contributed by atoms with Crippen LogP contribution in [0.4, 0.5) is 13.2 Å². The van der Waals surface area contributed by atoms with Crippen LogP contribution in [0.5, 0.6) is 0 Å². The van der Waals surface area contributed by atoms with E-state index in [4.69, 9.17) is 12.2 Å². The molecule has 0 aromatic heterocycles. The maximum Gasteiger partial charge on any atom is 0.405 e. The first-order valence-corrected chi connectivity index (χ1v) is 5.07. The molecule has 1 aliphatic heterocycles. The van der Waals surface area contributed by atoms with E-state index >= 15 is 0 Å². The van der Waals surface area contributed by atoms with Gasteiger partial charge in [-0.05, 0) is 19.3 Å². The van der Waals surface area contributed by atoms with E-state index < -0.39 is 12.7 Å². The number of hydrogen-bond acceptors (Lipinski definition) is 2. The number of likely N-dealkylation sites (N-methyl/N-ethyl adjacent to an activating group) is 1. The van der Waals surface area contributed by atoms with Gasteiger partial charge in [0.1, 0.15) is 6.54 Å². The Morgan fingerprint density at radius 2 is 1.80 bits per heavy atom. The second-order valence-electron chi connectivity index (χ2n) is 3.56. The lowest BCUT2D eigenvalue weighted by Gasteiger charge is -2.34. The number of alkyl halides is 3. The summed E-state index contributed by atoms with van der Waals surface area (Å²) in [7, 11) is 1.98. The number of nitrogens with zero attached hydrogens (tertiary/aromatic N) is 2. The molecule has 88 valence electrons. The van der Waals surface area contributed by atoms with Crippen molar-refractivity contribution >= 4 is 17.3 Å². The van der Waals surface area contributed by atoms with Crippen LogP contribution in [0.3, 0.4) is 0 Å². The van der Waals surface area contributed by atoms with Crippen molar-refractivity contribution in [1.82, 2.24) is 15.1 Å². The van der Waals surface area contributed by atoms with Gasteiger partial charge in [-0.3, -0.25) is 0 Å². The summed E-state index contributed by atoms with van der Waals surface area (Å²) in [6.45, 7) is 1.96. The zero-order valence-electron chi connectivity index (χ0n) is 8.47. The summed E-state index contributed by atoms with van der Waals surface area (Å²) in [6.07, 6.45) is -4.21. The fourth-order valence-electron chi connectivity index (χ4n) is 1.30. The Bertz CT molecular complexity index is 224. The maximum atomic E-state index is 11.9. The maximum absolute atomic E-state index is 11.9. The fourth-order valence-corrected chi connectivity index (χ4v) is 1.55. The number of piperazine rings is 1. The van der Waals surface area contributed by atoms with Gasteiger partial charge in [-0.15, -0.1) is 0 Å². The average molecular weight is 241 g/mol. The van der Waals surface area contributed by atoms with Crippen LogP contribution in [0.1, 0.15) is 0 Å². The van der Waals surface area contributed by atoms with Crippen LogP contribution in [-0.2, 0) is 0 Å². The molecule has 0 saturated carbocycles. The van der Waals surface area contributed by atoms with Gasteiger partial charge >= 0.3 is 6.18 Å². The second kappa shape index (κ2) is 4.98. The molecule has 0 aliphatic carbocycles. The molecule has 0 aromatic rings. The molecule has 1 heterocycles. The summed E-state index contributed by atoms with van der Waals surface area (Å²) >= 11 is 4.88. The zero-order valence-corrected chi connectivity index (χ0v) is 9.29. The quantitative estimate of drug-likeness (QED) is 0.680. The van der Waals surface area contributed by atoms with Crippen LogP contribution in [0, 0.1) is 0 Å². The largest absolute Gasteiger partial charge is 0.405 e. The van der Waals surface area contributed by atoms with Crippen LogP contribution in [-0.4, -0.2) is 60.9 Å². The van der Waals surface area contributed by atoms with Gasteiger partial charge in [0.05, 0.1) is 0 Å². The lowest BCUT2D eigenvalue weighted by Crippen LogP contribution is -2.51. The van der Waals surface area contributed by atoms with Gasteiger partial charge in [-0.25, -0.2) is 0 Å². The summed E-state index contributed by atoms with van der Waals surface area (Å²) < 4.78 is 35.7. The van der Waals surface area contributed by atoms with Crippen molar-refractivity contribution < 1.29 is 13.2 Å². The third-order valence-corrected chi connectivity index (χ3v) is 2.63. The third-order valence-electron chi connectivity index (χ3n) is 2.23. The standard InChI is InChI=1S/C8H14F3N3S/c1-13-2-4-14(5-3-13)7(15)12-6-8(9,10)11/h2-6H2,1H3,(H,12,15). The Morgan fingerprint density at radius 3 is 2.27 bits per heavy atom. The van der Waals surface area contributed by atoms with Crippen LogP contribution < -0.4 is 5.32 Å². The van der Waals surface area contributed by atoms with Gasteiger partial charge in [0, 0.05) is 26.2 Å². The van der Waals surface area contributed by atoms with Crippen molar-refractivity contribution in [1.29, 1.82) is 0 Å². The van der Waals surface area contributed by atoms with Crippen LogP contribution in [0.25, 0.3) is 0 Å². The van der Waals surface area contributed by atoms with Crippen molar-refractivity contribution in [2.24, 2.45) is 0 Å². The van der Waals surface area contributed by atoms with Crippen LogP contribution >= 0.6 is 12.2 Å². The zero-order chi connectivity index (χ0) is 11.5. The summed E-state index contributed by atoms with van der Waals surface area (Å²) in [4.78, 5) is 3.88. The van der Waals surface area contributed by atoms with Gasteiger partial charge in [-0.2, -0.15) is 13.2 Å². The molecule has 7 heteroatoms. The van der Waals surface area contributed by atoms with Gasteiger partial charge in [0.2, 0.25) is 0 Å². The lowest BCUT2D eigenvalue weighted by molar-refractivity contribution is -0.122. The van der Waals surface area contributed by atoms with E-state index in [-0.39, 0.29) is 5.11 Å². The fraction of sp³-hybridized carbons (Fsp3) is 0.875. The van der Waals surface area contributed by atoms with Crippen molar-refractivity contribution in [3.63, 3.8) is 0 Å². The van der Waals surface area contributed by atoms with E-state index in [9.17, 15) is 13.2 Å². The van der Waals surface area contributed by atoms with Crippen LogP contribution in [0.15, 0.2) is 0 Å². The van der Waals surface area contributed by atoms with E-state index in [1.54, 1.807) is 4.90 Å². The highest BCUT2D eigenvalue weighted by atomic mass is 32.1. The highest BCUT2D eigenvalue weighted by Crippen LogP contribution is 2.12. The molecule has 0 spiro atoms. The molecule has 0 amide bonds. The minimum atomic E-state index is -4.21. The van der Waals surface area contributed by atoms with Crippen molar-refractivity contribution in [2.75, 3.05) is 39.8 Å². The summed E-state index contributed by atoms with van der Waals surface area (Å²) in [5.74, 6) is 0. The Balaban J connectivity index is 2.29. The molecule has 0 unspecified atom stereocenters. The molecule has 1 rings (SSSR count). The monoisotopic (exact) mass is 241 g/mol. The van der Waals surface area contributed by atoms with Gasteiger partial charge in [0.15, 0.2) is 5.11 Å². The highest BCUT2D eigenvalue weighted by molar-refractivity contribution is 7.80. The van der Waals surface area contributed by atoms with E-state index in [0.29, 0.717) is 13.1 Å². The highest BCUT2D eigenvalue weighted by Gasteiger charge is 2.28. The van der Waals surface area contributed by atoms with E-state index in [1.165, 1.54) is 0 Å². The molecule has 1 saturated heterocycles. The number of hydrogen-bond donors (Lipinski definition) is 1. The Labute approximate surface area is 92.2 Å². The summed E-state index contributed by atoms with van der Waals surface area (Å²) in [6, 6.07) is 0. The molecule has 0 bridgehead atoms. The first-order valence-electron chi connectivity index (χ1n) is 4.66.